The number of nitro benzene ring substituents is 1. The molecule has 0 aliphatic rings. The van der Waals surface area contributed by atoms with Gasteiger partial charge in [-0.15, -0.1) is 11.3 Å². The molecule has 1 aromatic carbocycles. The zero-order chi connectivity index (χ0) is 15.6. The molecule has 0 fully saturated rings. The summed E-state index contributed by atoms with van der Waals surface area (Å²) in [6.07, 6.45) is 0. The quantitative estimate of drug-likeness (QED) is 0.633. The van der Waals surface area contributed by atoms with Crippen LogP contribution in [0.5, 0.6) is 5.75 Å². The van der Waals surface area contributed by atoms with Gasteiger partial charge in [-0.3, -0.25) is 10.1 Å². The first-order chi connectivity index (χ1) is 9.88. The number of nitro groups is 1. The number of benzene rings is 1. The van der Waals surface area contributed by atoms with Crippen LogP contribution in [0.1, 0.15) is 20.1 Å². The van der Waals surface area contributed by atoms with E-state index in [1.54, 1.807) is 13.0 Å². The molecule has 0 bridgehead atoms. The molecule has 0 spiro atoms. The molecule has 21 heavy (non-hydrogen) atoms. The second-order valence-electron chi connectivity index (χ2n) is 4.16. The van der Waals surface area contributed by atoms with Gasteiger partial charge in [0, 0.05) is 21.0 Å². The Balaban J connectivity index is 2.20. The van der Waals surface area contributed by atoms with E-state index in [0.717, 1.165) is 16.2 Å². The van der Waals surface area contributed by atoms with Crippen LogP contribution < -0.4 is 4.74 Å². The Kier molecular flexibility index (Phi) is 4.59. The van der Waals surface area contributed by atoms with Gasteiger partial charge >= 0.3 is 11.7 Å². The highest BCUT2D eigenvalue weighted by Crippen LogP contribution is 2.31. The first kappa shape index (κ1) is 15.5. The normalized spacial score (nSPS) is 10.4. The Hall–Kier alpha value is -1.93. The molecule has 2 aromatic rings. The van der Waals surface area contributed by atoms with Gasteiger partial charge in [0.1, 0.15) is 11.5 Å². The fourth-order valence-electron chi connectivity index (χ4n) is 1.68. The number of hydrogen-bond donors (Lipinski definition) is 1. The van der Waals surface area contributed by atoms with Gasteiger partial charge in [0.25, 0.3) is 0 Å². The molecule has 0 radical (unpaired) electrons. The van der Waals surface area contributed by atoms with Crippen LogP contribution in [0.15, 0.2) is 28.7 Å². The van der Waals surface area contributed by atoms with Crippen LogP contribution in [0.25, 0.3) is 0 Å². The zero-order valence-corrected chi connectivity index (χ0v) is 13.2. The lowest BCUT2D eigenvalue weighted by molar-refractivity contribution is -0.386. The largest absolute Gasteiger partial charge is 0.482 e. The number of nitrogens with zero attached hydrogens (tertiary/aromatic N) is 1. The number of carboxylic acids is 1. The van der Waals surface area contributed by atoms with E-state index in [2.05, 4.69) is 15.9 Å². The van der Waals surface area contributed by atoms with Gasteiger partial charge in [-0.1, -0.05) is 15.9 Å². The molecule has 0 saturated heterocycles. The Morgan fingerprint density at radius 1 is 1.48 bits per heavy atom. The highest BCUT2D eigenvalue weighted by atomic mass is 79.9. The predicted molar refractivity (Wildman–Crippen MR) is 81.1 cm³/mol. The van der Waals surface area contributed by atoms with Gasteiger partial charge in [0.05, 0.1) is 4.92 Å². The lowest BCUT2D eigenvalue weighted by Crippen LogP contribution is -1.99. The Labute approximate surface area is 132 Å². The van der Waals surface area contributed by atoms with E-state index in [4.69, 9.17) is 9.84 Å². The lowest BCUT2D eigenvalue weighted by Gasteiger charge is -2.06. The topological polar surface area (TPSA) is 89.7 Å². The fraction of sp³-hybridized carbons (Fsp3) is 0.154. The smallest absolute Gasteiger partial charge is 0.345 e. The van der Waals surface area contributed by atoms with Crippen molar-refractivity contribution in [3.05, 3.63) is 54.2 Å². The van der Waals surface area contributed by atoms with Crippen LogP contribution in [0.2, 0.25) is 0 Å². The molecular formula is C13H10BrNO5S. The first-order valence-electron chi connectivity index (χ1n) is 5.78. The number of halogens is 1. The van der Waals surface area contributed by atoms with E-state index in [1.807, 2.05) is 0 Å². The second-order valence-corrected chi connectivity index (χ2v) is 6.33. The maximum atomic E-state index is 11.0. The monoisotopic (exact) mass is 371 g/mol. The average molecular weight is 372 g/mol. The lowest BCUT2D eigenvalue weighted by atomic mass is 10.2. The third kappa shape index (κ3) is 3.59. The number of thiophene rings is 1. The predicted octanol–water partition coefficient (Wildman–Crippen LogP) is 4.00. The van der Waals surface area contributed by atoms with Crippen LogP contribution >= 0.6 is 27.3 Å². The molecule has 8 heteroatoms. The molecule has 0 aliphatic heterocycles. The van der Waals surface area contributed by atoms with E-state index in [-0.39, 0.29) is 22.9 Å². The van der Waals surface area contributed by atoms with Crippen molar-refractivity contribution in [1.82, 2.24) is 0 Å². The molecule has 0 aliphatic carbocycles. The van der Waals surface area contributed by atoms with Crippen molar-refractivity contribution < 1.29 is 19.6 Å². The minimum atomic E-state index is -0.996. The van der Waals surface area contributed by atoms with Crippen molar-refractivity contribution in [2.24, 2.45) is 0 Å². The summed E-state index contributed by atoms with van der Waals surface area (Å²) in [6.45, 7) is 1.86. The van der Waals surface area contributed by atoms with Gasteiger partial charge in [-0.25, -0.2) is 4.79 Å². The van der Waals surface area contributed by atoms with E-state index in [9.17, 15) is 14.9 Å². The van der Waals surface area contributed by atoms with Gasteiger partial charge in [0.2, 0.25) is 0 Å². The first-order valence-corrected chi connectivity index (χ1v) is 7.38. The van der Waals surface area contributed by atoms with Crippen LogP contribution in [0.3, 0.4) is 0 Å². The molecule has 0 amide bonds. The molecule has 110 valence electrons. The zero-order valence-electron chi connectivity index (χ0n) is 10.8. The van der Waals surface area contributed by atoms with Gasteiger partial charge in [0.15, 0.2) is 5.75 Å². The number of rotatable bonds is 5. The molecule has 1 aromatic heterocycles. The minimum absolute atomic E-state index is 0.0814. The number of carbonyl (C=O) groups is 1. The third-order valence-electron chi connectivity index (χ3n) is 2.73. The van der Waals surface area contributed by atoms with Crippen molar-refractivity contribution in [3.8, 4) is 5.75 Å². The van der Waals surface area contributed by atoms with Crippen molar-refractivity contribution in [3.63, 3.8) is 0 Å². The molecule has 1 heterocycles. The van der Waals surface area contributed by atoms with Crippen LogP contribution in [0, 0.1) is 17.0 Å². The summed E-state index contributed by atoms with van der Waals surface area (Å²) in [5.74, 6) is -0.852. The van der Waals surface area contributed by atoms with E-state index in [0.29, 0.717) is 10.0 Å². The molecule has 2 rings (SSSR count). The van der Waals surface area contributed by atoms with Crippen LogP contribution in [0.4, 0.5) is 5.69 Å². The Morgan fingerprint density at radius 3 is 2.76 bits per heavy atom. The molecular weight excluding hydrogens is 362 g/mol. The SMILES string of the molecule is Cc1sc(C(=O)O)cc1COc1ccc(Br)cc1[N+](=O)[O-]. The van der Waals surface area contributed by atoms with Crippen molar-refractivity contribution in [1.29, 1.82) is 0 Å². The molecule has 0 saturated carbocycles. The Morgan fingerprint density at radius 2 is 2.19 bits per heavy atom. The molecule has 0 unspecified atom stereocenters. The summed E-state index contributed by atoms with van der Waals surface area (Å²) >= 11 is 4.32. The van der Waals surface area contributed by atoms with Crippen molar-refractivity contribution in [2.45, 2.75) is 13.5 Å². The highest BCUT2D eigenvalue weighted by Gasteiger charge is 2.17. The highest BCUT2D eigenvalue weighted by molar-refractivity contribution is 9.10. The summed E-state index contributed by atoms with van der Waals surface area (Å²) < 4.78 is 6.05. The fourth-order valence-corrected chi connectivity index (χ4v) is 2.90. The summed E-state index contributed by atoms with van der Waals surface area (Å²) in [7, 11) is 0. The summed E-state index contributed by atoms with van der Waals surface area (Å²) in [6, 6.07) is 6.03. The summed E-state index contributed by atoms with van der Waals surface area (Å²) in [4.78, 5) is 22.4. The molecule has 1 N–H and O–H groups in total. The van der Waals surface area contributed by atoms with E-state index >= 15 is 0 Å². The third-order valence-corrected chi connectivity index (χ3v) is 4.31. The van der Waals surface area contributed by atoms with E-state index < -0.39 is 10.9 Å². The van der Waals surface area contributed by atoms with Gasteiger partial charge in [-0.2, -0.15) is 0 Å². The second kappa shape index (κ2) is 6.23. The van der Waals surface area contributed by atoms with E-state index in [1.165, 1.54) is 18.2 Å². The number of carboxylic acid groups (broad SMARTS) is 1. The molecule has 0 atom stereocenters. The summed E-state index contributed by atoms with van der Waals surface area (Å²) in [5.41, 5.74) is 0.560. The Bertz CT molecular complexity index is 713. The van der Waals surface area contributed by atoms with Crippen molar-refractivity contribution >= 4 is 38.9 Å². The van der Waals surface area contributed by atoms with Gasteiger partial charge in [-0.05, 0) is 25.1 Å². The number of aromatic carboxylic acids is 1. The van der Waals surface area contributed by atoms with Crippen LogP contribution in [-0.4, -0.2) is 16.0 Å². The molecule has 6 nitrogen and oxygen atoms in total. The maximum Gasteiger partial charge on any atom is 0.345 e. The number of ether oxygens (including phenoxy) is 1. The van der Waals surface area contributed by atoms with Crippen molar-refractivity contribution in [2.75, 3.05) is 0 Å². The number of hydrogen-bond acceptors (Lipinski definition) is 5. The average Bonchev–Trinajstić information content (AvgIpc) is 2.79. The van der Waals surface area contributed by atoms with Crippen LogP contribution in [-0.2, 0) is 6.61 Å². The van der Waals surface area contributed by atoms with Gasteiger partial charge < -0.3 is 9.84 Å². The summed E-state index contributed by atoms with van der Waals surface area (Å²) in [5, 5.41) is 19.9. The minimum Gasteiger partial charge on any atom is -0.482 e. The standard InChI is InChI=1S/C13H10BrNO5S/c1-7-8(4-12(21-7)13(16)17)6-20-11-3-2-9(14)5-10(11)15(18)19/h2-5H,6H2,1H3,(H,16,17). The number of aryl methyl sites for hydroxylation is 1. The maximum absolute atomic E-state index is 11.0.